The number of nitrogens with one attached hydrogen (secondary N) is 2. The van der Waals surface area contributed by atoms with E-state index in [2.05, 4.69) is 56.5 Å². The number of para-hydroxylation sites is 1. The minimum Gasteiger partial charge on any atom is -0.382 e. The van der Waals surface area contributed by atoms with Crippen LogP contribution >= 0.6 is 0 Å². The number of hydrogen-bond donors (Lipinski definition) is 2. The average Bonchev–Trinajstić information content (AvgIpc) is 2.27. The van der Waals surface area contributed by atoms with Gasteiger partial charge < -0.3 is 10.2 Å². The van der Waals surface area contributed by atoms with E-state index < -0.39 is 0 Å². The SMILES string of the molecule is C[C@@H]1C[NH+](C)[C@H](C)C[C@@H]1Nc1ccccc1. The fourth-order valence-electron chi connectivity index (χ4n) is 2.62. The molecule has 1 aromatic rings. The number of piperidine rings is 1. The van der Waals surface area contributed by atoms with Gasteiger partial charge in [-0.15, -0.1) is 0 Å². The van der Waals surface area contributed by atoms with Crippen molar-refractivity contribution in [3.63, 3.8) is 0 Å². The zero-order valence-electron chi connectivity index (χ0n) is 10.5. The van der Waals surface area contributed by atoms with Gasteiger partial charge in [-0.25, -0.2) is 0 Å². The second-order valence-corrected chi connectivity index (χ2v) is 5.28. The molecule has 16 heavy (non-hydrogen) atoms. The fourth-order valence-corrected chi connectivity index (χ4v) is 2.62. The summed E-state index contributed by atoms with van der Waals surface area (Å²) in [5.74, 6) is 0.747. The Bertz CT molecular complexity index is 323. The summed E-state index contributed by atoms with van der Waals surface area (Å²) in [5.41, 5.74) is 1.26. The van der Waals surface area contributed by atoms with Crippen LogP contribution in [0.25, 0.3) is 0 Å². The Morgan fingerprint density at radius 1 is 1.19 bits per heavy atom. The maximum absolute atomic E-state index is 3.67. The molecule has 0 amide bonds. The zero-order chi connectivity index (χ0) is 11.5. The zero-order valence-corrected chi connectivity index (χ0v) is 10.5. The Morgan fingerprint density at radius 3 is 2.56 bits per heavy atom. The van der Waals surface area contributed by atoms with E-state index >= 15 is 0 Å². The highest BCUT2D eigenvalue weighted by Gasteiger charge is 2.31. The van der Waals surface area contributed by atoms with Crippen molar-refractivity contribution in [3.05, 3.63) is 30.3 Å². The molecule has 0 aromatic heterocycles. The molecule has 1 fully saturated rings. The lowest BCUT2D eigenvalue weighted by Crippen LogP contribution is -3.14. The van der Waals surface area contributed by atoms with Crippen molar-refractivity contribution in [1.82, 2.24) is 0 Å². The third kappa shape index (κ3) is 2.56. The van der Waals surface area contributed by atoms with E-state index in [0.717, 1.165) is 12.0 Å². The number of quaternary nitrogens is 1. The molecule has 0 bridgehead atoms. The van der Waals surface area contributed by atoms with Gasteiger partial charge in [-0.05, 0) is 19.1 Å². The summed E-state index contributed by atoms with van der Waals surface area (Å²) in [6.07, 6.45) is 1.27. The number of anilines is 1. The van der Waals surface area contributed by atoms with Crippen LogP contribution < -0.4 is 10.2 Å². The van der Waals surface area contributed by atoms with E-state index in [0.29, 0.717) is 6.04 Å². The van der Waals surface area contributed by atoms with Crippen LogP contribution in [0.1, 0.15) is 20.3 Å². The first-order valence-corrected chi connectivity index (χ1v) is 6.30. The molecule has 2 nitrogen and oxygen atoms in total. The Labute approximate surface area is 98.7 Å². The summed E-state index contributed by atoms with van der Waals surface area (Å²) < 4.78 is 0. The van der Waals surface area contributed by atoms with Crippen molar-refractivity contribution in [1.29, 1.82) is 0 Å². The van der Waals surface area contributed by atoms with Crippen LogP contribution in [-0.2, 0) is 0 Å². The van der Waals surface area contributed by atoms with Crippen molar-refractivity contribution >= 4 is 5.69 Å². The highest BCUT2D eigenvalue weighted by molar-refractivity contribution is 5.43. The molecule has 1 aliphatic heterocycles. The molecule has 1 unspecified atom stereocenters. The predicted octanol–water partition coefficient (Wildman–Crippen LogP) is 1.41. The van der Waals surface area contributed by atoms with Crippen molar-refractivity contribution in [2.45, 2.75) is 32.4 Å². The molecule has 0 radical (unpaired) electrons. The van der Waals surface area contributed by atoms with Gasteiger partial charge in [0.05, 0.1) is 19.6 Å². The lowest BCUT2D eigenvalue weighted by atomic mass is 9.89. The summed E-state index contributed by atoms with van der Waals surface area (Å²) in [4.78, 5) is 1.67. The summed E-state index contributed by atoms with van der Waals surface area (Å²) >= 11 is 0. The minimum atomic E-state index is 0.626. The third-order valence-corrected chi connectivity index (χ3v) is 3.91. The van der Waals surface area contributed by atoms with Gasteiger partial charge in [0, 0.05) is 24.1 Å². The summed E-state index contributed by atoms with van der Waals surface area (Å²) in [7, 11) is 2.31. The highest BCUT2D eigenvalue weighted by Crippen LogP contribution is 2.17. The maximum atomic E-state index is 3.67. The van der Waals surface area contributed by atoms with Crippen molar-refractivity contribution < 1.29 is 4.90 Å². The van der Waals surface area contributed by atoms with Gasteiger partial charge in [-0.2, -0.15) is 0 Å². The van der Waals surface area contributed by atoms with E-state index in [1.807, 2.05) is 0 Å². The van der Waals surface area contributed by atoms with Crippen LogP contribution in [0.15, 0.2) is 30.3 Å². The number of benzene rings is 1. The van der Waals surface area contributed by atoms with Gasteiger partial charge in [0.15, 0.2) is 0 Å². The van der Waals surface area contributed by atoms with Gasteiger partial charge in [0.25, 0.3) is 0 Å². The fraction of sp³-hybridized carbons (Fsp3) is 0.571. The standard InChI is InChI=1S/C14H22N2/c1-11-10-16(3)12(2)9-14(11)15-13-7-5-4-6-8-13/h4-8,11-12,14-15H,9-10H2,1-3H3/p+1/t11-,12-,14+/m1/s1. The minimum absolute atomic E-state index is 0.626. The molecule has 2 heteroatoms. The molecule has 1 aromatic carbocycles. The third-order valence-electron chi connectivity index (χ3n) is 3.91. The molecular weight excluding hydrogens is 196 g/mol. The Balaban J connectivity index is 2.00. The molecule has 1 saturated heterocycles. The first-order chi connectivity index (χ1) is 7.66. The first kappa shape index (κ1) is 11.5. The number of rotatable bonds is 2. The smallest absolute Gasteiger partial charge is 0.0864 e. The molecule has 0 saturated carbocycles. The Kier molecular flexibility index (Phi) is 3.49. The van der Waals surface area contributed by atoms with Crippen LogP contribution in [0, 0.1) is 5.92 Å². The van der Waals surface area contributed by atoms with Crippen LogP contribution in [0.4, 0.5) is 5.69 Å². The summed E-state index contributed by atoms with van der Waals surface area (Å²) in [6, 6.07) is 12.0. The molecule has 0 spiro atoms. The van der Waals surface area contributed by atoms with Crippen molar-refractivity contribution in [3.8, 4) is 0 Å². The molecular formula is C14H23N2+. The average molecular weight is 219 g/mol. The van der Waals surface area contributed by atoms with E-state index in [1.54, 1.807) is 4.90 Å². The second kappa shape index (κ2) is 4.88. The first-order valence-electron chi connectivity index (χ1n) is 6.30. The molecule has 4 atom stereocenters. The van der Waals surface area contributed by atoms with E-state index in [1.165, 1.54) is 18.7 Å². The normalized spacial score (nSPS) is 34.7. The second-order valence-electron chi connectivity index (χ2n) is 5.28. The molecule has 0 aliphatic carbocycles. The van der Waals surface area contributed by atoms with Crippen LogP contribution in [0.5, 0.6) is 0 Å². The van der Waals surface area contributed by atoms with Crippen LogP contribution in [0.3, 0.4) is 0 Å². The quantitative estimate of drug-likeness (QED) is 0.769. The van der Waals surface area contributed by atoms with Crippen molar-refractivity contribution in [2.75, 3.05) is 18.9 Å². The molecule has 1 aliphatic rings. The van der Waals surface area contributed by atoms with Gasteiger partial charge in [-0.3, -0.25) is 0 Å². The summed E-state index contributed by atoms with van der Waals surface area (Å²) in [5, 5.41) is 3.67. The highest BCUT2D eigenvalue weighted by atomic mass is 15.2. The van der Waals surface area contributed by atoms with Crippen LogP contribution in [-0.4, -0.2) is 25.7 Å². The largest absolute Gasteiger partial charge is 0.382 e. The number of hydrogen-bond acceptors (Lipinski definition) is 1. The molecule has 2 N–H and O–H groups in total. The maximum Gasteiger partial charge on any atom is 0.0864 e. The number of likely N-dealkylation sites (tertiary alicyclic amines) is 1. The van der Waals surface area contributed by atoms with E-state index in [4.69, 9.17) is 0 Å². The van der Waals surface area contributed by atoms with Gasteiger partial charge in [-0.1, -0.05) is 25.1 Å². The monoisotopic (exact) mass is 219 g/mol. The topological polar surface area (TPSA) is 16.5 Å². The van der Waals surface area contributed by atoms with Gasteiger partial charge in [0.1, 0.15) is 0 Å². The molecule has 88 valence electrons. The lowest BCUT2D eigenvalue weighted by molar-refractivity contribution is -0.913. The lowest BCUT2D eigenvalue weighted by Gasteiger charge is -2.37. The Hall–Kier alpha value is -1.02. The predicted molar refractivity (Wildman–Crippen MR) is 68.8 cm³/mol. The molecule has 2 rings (SSSR count). The van der Waals surface area contributed by atoms with Crippen molar-refractivity contribution in [2.24, 2.45) is 5.92 Å². The van der Waals surface area contributed by atoms with Gasteiger partial charge in [0.2, 0.25) is 0 Å². The summed E-state index contributed by atoms with van der Waals surface area (Å²) in [6.45, 7) is 5.97. The van der Waals surface area contributed by atoms with Gasteiger partial charge >= 0.3 is 0 Å². The van der Waals surface area contributed by atoms with Crippen LogP contribution in [0.2, 0.25) is 0 Å². The Morgan fingerprint density at radius 2 is 1.88 bits per heavy atom. The van der Waals surface area contributed by atoms with E-state index in [9.17, 15) is 0 Å². The van der Waals surface area contributed by atoms with E-state index in [-0.39, 0.29) is 0 Å². The molecule has 1 heterocycles.